The first-order chi connectivity index (χ1) is 10.0. The molecule has 1 aliphatic rings. The molecule has 0 radical (unpaired) electrons. The second-order valence-corrected chi connectivity index (χ2v) is 5.57. The number of carbonyl (C=O) groups excluding carboxylic acids is 1. The van der Waals surface area contributed by atoms with Crippen molar-refractivity contribution in [3.63, 3.8) is 0 Å². The van der Waals surface area contributed by atoms with Crippen molar-refractivity contribution in [2.24, 2.45) is 5.92 Å². The zero-order valence-corrected chi connectivity index (χ0v) is 12.5. The van der Waals surface area contributed by atoms with Gasteiger partial charge in [-0.15, -0.1) is 0 Å². The van der Waals surface area contributed by atoms with Gasteiger partial charge >= 0.3 is 0 Å². The predicted molar refractivity (Wildman–Crippen MR) is 77.2 cm³/mol. The summed E-state index contributed by atoms with van der Waals surface area (Å²) in [6.07, 6.45) is 0.994. The third-order valence-corrected chi connectivity index (χ3v) is 3.71. The number of ether oxygens (including phenoxy) is 2. The molecule has 1 heterocycles. The van der Waals surface area contributed by atoms with Crippen molar-refractivity contribution in [3.05, 3.63) is 35.6 Å². The fourth-order valence-electron chi connectivity index (χ4n) is 2.37. The molecule has 0 aliphatic carbocycles. The van der Waals surface area contributed by atoms with Crippen LogP contribution in [-0.4, -0.2) is 31.5 Å². The van der Waals surface area contributed by atoms with Crippen molar-refractivity contribution in [2.45, 2.75) is 32.5 Å². The number of rotatable bonds is 6. The molecule has 1 unspecified atom stereocenters. The van der Waals surface area contributed by atoms with Crippen LogP contribution in [0.3, 0.4) is 0 Å². The minimum atomic E-state index is -0.595. The van der Waals surface area contributed by atoms with Crippen LogP contribution in [0.15, 0.2) is 24.3 Å². The second-order valence-electron chi connectivity index (χ2n) is 5.57. The molecule has 0 aromatic heterocycles. The van der Waals surface area contributed by atoms with Crippen LogP contribution in [0.4, 0.5) is 4.39 Å². The van der Waals surface area contributed by atoms with E-state index in [4.69, 9.17) is 9.47 Å². The summed E-state index contributed by atoms with van der Waals surface area (Å²) in [5, 5.41) is 2.85. The third-order valence-electron chi connectivity index (χ3n) is 3.71. The second kappa shape index (κ2) is 7.00. The van der Waals surface area contributed by atoms with Crippen molar-refractivity contribution < 1.29 is 18.7 Å². The molecule has 1 aliphatic heterocycles. The van der Waals surface area contributed by atoms with E-state index in [2.05, 4.69) is 5.32 Å². The van der Waals surface area contributed by atoms with Crippen LogP contribution < -0.4 is 5.32 Å². The first-order valence-electron chi connectivity index (χ1n) is 7.29. The summed E-state index contributed by atoms with van der Waals surface area (Å²) >= 11 is 0. The van der Waals surface area contributed by atoms with Gasteiger partial charge in [0.25, 0.3) is 0 Å². The number of nitrogens with one attached hydrogen (secondary N) is 1. The van der Waals surface area contributed by atoms with Gasteiger partial charge < -0.3 is 14.8 Å². The van der Waals surface area contributed by atoms with E-state index in [0.29, 0.717) is 38.2 Å². The fraction of sp³-hybridized carbons (Fsp3) is 0.562. The van der Waals surface area contributed by atoms with Gasteiger partial charge in [0.1, 0.15) is 5.82 Å². The van der Waals surface area contributed by atoms with Crippen LogP contribution in [0, 0.1) is 11.7 Å². The van der Waals surface area contributed by atoms with E-state index < -0.39 is 5.79 Å². The Morgan fingerprint density at radius 2 is 2.05 bits per heavy atom. The van der Waals surface area contributed by atoms with E-state index in [1.807, 2.05) is 6.92 Å². The molecule has 1 N–H and O–H groups in total. The molecular formula is C16H22FNO3. The lowest BCUT2D eigenvalue weighted by Gasteiger charge is -2.22. The first-order valence-corrected chi connectivity index (χ1v) is 7.29. The largest absolute Gasteiger partial charge is 0.356 e. The van der Waals surface area contributed by atoms with Gasteiger partial charge in [0.05, 0.1) is 13.2 Å². The number of halogens is 1. The number of benzene rings is 1. The van der Waals surface area contributed by atoms with Crippen molar-refractivity contribution in [1.82, 2.24) is 5.32 Å². The molecule has 5 heteroatoms. The highest BCUT2D eigenvalue weighted by atomic mass is 19.1. The van der Waals surface area contributed by atoms with E-state index in [1.54, 1.807) is 25.1 Å². The summed E-state index contributed by atoms with van der Waals surface area (Å²) in [6.45, 7) is 5.33. The number of amides is 1. The van der Waals surface area contributed by atoms with Crippen molar-refractivity contribution >= 4 is 5.91 Å². The van der Waals surface area contributed by atoms with Gasteiger partial charge in [-0.05, 0) is 25.0 Å². The highest BCUT2D eigenvalue weighted by molar-refractivity contribution is 5.78. The van der Waals surface area contributed by atoms with Crippen LogP contribution >= 0.6 is 0 Å². The Kier molecular flexibility index (Phi) is 5.31. The smallest absolute Gasteiger partial charge is 0.223 e. The summed E-state index contributed by atoms with van der Waals surface area (Å²) < 4.78 is 24.5. The molecule has 0 bridgehead atoms. The first kappa shape index (κ1) is 15.9. The molecule has 0 spiro atoms. The summed E-state index contributed by atoms with van der Waals surface area (Å²) in [7, 11) is 0. The minimum Gasteiger partial charge on any atom is -0.356 e. The van der Waals surface area contributed by atoms with Gasteiger partial charge in [-0.2, -0.15) is 0 Å². The summed E-state index contributed by atoms with van der Waals surface area (Å²) in [5.41, 5.74) is 0.564. The molecule has 1 aromatic carbocycles. The quantitative estimate of drug-likeness (QED) is 0.876. The van der Waals surface area contributed by atoms with E-state index in [-0.39, 0.29) is 17.6 Å². The van der Waals surface area contributed by atoms with E-state index in [9.17, 15) is 9.18 Å². The van der Waals surface area contributed by atoms with Gasteiger partial charge in [0, 0.05) is 18.9 Å². The van der Waals surface area contributed by atoms with Crippen molar-refractivity contribution in [3.8, 4) is 0 Å². The fourth-order valence-corrected chi connectivity index (χ4v) is 2.37. The van der Waals surface area contributed by atoms with E-state index in [0.717, 1.165) is 0 Å². The van der Waals surface area contributed by atoms with Crippen molar-refractivity contribution in [2.75, 3.05) is 19.8 Å². The van der Waals surface area contributed by atoms with Crippen molar-refractivity contribution in [1.29, 1.82) is 0 Å². The Labute approximate surface area is 124 Å². The Morgan fingerprint density at radius 1 is 1.38 bits per heavy atom. The minimum absolute atomic E-state index is 0.0835. The maximum Gasteiger partial charge on any atom is 0.223 e. The van der Waals surface area contributed by atoms with Gasteiger partial charge in [-0.25, -0.2) is 4.39 Å². The molecule has 116 valence electrons. The lowest BCUT2D eigenvalue weighted by molar-refractivity contribution is -0.146. The zero-order valence-electron chi connectivity index (χ0n) is 12.5. The topological polar surface area (TPSA) is 47.6 Å². The van der Waals surface area contributed by atoms with Gasteiger partial charge in [-0.1, -0.05) is 25.1 Å². The highest BCUT2D eigenvalue weighted by Crippen LogP contribution is 2.21. The summed E-state index contributed by atoms with van der Waals surface area (Å²) in [6, 6.07) is 6.54. The van der Waals surface area contributed by atoms with Gasteiger partial charge in [0.15, 0.2) is 5.79 Å². The lowest BCUT2D eigenvalue weighted by atomic mass is 10.00. The van der Waals surface area contributed by atoms with Crippen LogP contribution in [0.5, 0.6) is 0 Å². The standard InChI is InChI=1S/C16H22FNO3/c1-12(11-13-5-3-4-6-14(13)17)15(19)18-8-7-16(2)20-9-10-21-16/h3-6,12H,7-11H2,1-2H3,(H,18,19). The number of carbonyl (C=O) groups is 1. The molecule has 1 fully saturated rings. The molecule has 1 aromatic rings. The molecule has 4 nitrogen and oxygen atoms in total. The average molecular weight is 295 g/mol. The maximum atomic E-state index is 13.6. The number of hydrogen-bond acceptors (Lipinski definition) is 3. The van der Waals surface area contributed by atoms with Crippen LogP contribution in [-0.2, 0) is 20.7 Å². The van der Waals surface area contributed by atoms with Gasteiger partial charge in [0.2, 0.25) is 5.91 Å². The Balaban J connectivity index is 1.76. The van der Waals surface area contributed by atoms with Crippen LogP contribution in [0.2, 0.25) is 0 Å². The molecule has 2 rings (SSSR count). The normalized spacial score (nSPS) is 18.4. The Morgan fingerprint density at radius 3 is 2.71 bits per heavy atom. The lowest BCUT2D eigenvalue weighted by Crippen LogP contribution is -2.36. The van der Waals surface area contributed by atoms with E-state index >= 15 is 0 Å². The highest BCUT2D eigenvalue weighted by Gasteiger charge is 2.30. The zero-order chi connectivity index (χ0) is 15.3. The predicted octanol–water partition coefficient (Wildman–Crippen LogP) is 2.27. The molecule has 1 amide bonds. The van der Waals surface area contributed by atoms with Crippen LogP contribution in [0.25, 0.3) is 0 Å². The van der Waals surface area contributed by atoms with Crippen LogP contribution in [0.1, 0.15) is 25.8 Å². The maximum absolute atomic E-state index is 13.6. The monoisotopic (exact) mass is 295 g/mol. The summed E-state index contributed by atoms with van der Waals surface area (Å²) in [4.78, 5) is 12.0. The SMILES string of the molecule is CC(Cc1ccccc1F)C(=O)NCCC1(C)OCCO1. The molecule has 1 atom stereocenters. The molecule has 1 saturated heterocycles. The molecule has 0 saturated carbocycles. The van der Waals surface area contributed by atoms with Gasteiger partial charge in [-0.3, -0.25) is 4.79 Å². The van der Waals surface area contributed by atoms with E-state index in [1.165, 1.54) is 6.07 Å². The third kappa shape index (κ3) is 4.51. The average Bonchev–Trinajstić information content (AvgIpc) is 2.88. The molecule has 21 heavy (non-hydrogen) atoms. The Hall–Kier alpha value is -1.46. The Bertz CT molecular complexity index is 486. The number of hydrogen-bond donors (Lipinski definition) is 1. The molecular weight excluding hydrogens is 273 g/mol. The summed E-state index contributed by atoms with van der Waals surface area (Å²) in [5.74, 6) is -1.22.